The highest BCUT2D eigenvalue weighted by Gasteiger charge is 2.42. The highest BCUT2D eigenvalue weighted by molar-refractivity contribution is 6.74. The second-order valence-corrected chi connectivity index (χ2v) is 21.8. The summed E-state index contributed by atoms with van der Waals surface area (Å²) in [4.78, 5) is 5.61. The maximum absolute atomic E-state index is 7.02. The zero-order valence-electron chi connectivity index (χ0n) is 35.7. The van der Waals surface area contributed by atoms with Crippen LogP contribution in [0, 0.1) is 0 Å². The number of hydrogen-bond acceptors (Lipinski definition) is 9. The molecule has 0 spiro atoms. The first-order valence-corrected chi connectivity index (χ1v) is 23.9. The molecule has 1 aliphatic heterocycles. The number of hydrogen-bond donors (Lipinski definition) is 1. The maximum Gasteiger partial charge on any atom is 0.192 e. The molecule has 1 aliphatic rings. The van der Waals surface area contributed by atoms with Gasteiger partial charge in [0.15, 0.2) is 26.0 Å². The predicted octanol–water partition coefficient (Wildman–Crippen LogP) is 10.5. The molecule has 0 saturated carbocycles. The lowest BCUT2D eigenvalue weighted by Crippen LogP contribution is -2.56. The van der Waals surface area contributed by atoms with Gasteiger partial charge in [0.1, 0.15) is 31.5 Å². The molecule has 320 valence electrons. The van der Waals surface area contributed by atoms with Crippen molar-refractivity contribution in [1.29, 1.82) is 0 Å². The molecule has 0 radical (unpaired) electrons. The van der Waals surface area contributed by atoms with E-state index in [9.17, 15) is 0 Å². The Hall–Kier alpha value is -4.07. The van der Waals surface area contributed by atoms with Gasteiger partial charge >= 0.3 is 0 Å². The molecule has 0 fully saturated rings. The average Bonchev–Trinajstić information content (AvgIpc) is 3.25. The number of rotatable bonds is 22. The molecule has 11 heteroatoms. The molecule has 1 N–H and O–H groups in total. The van der Waals surface area contributed by atoms with E-state index in [1.54, 1.807) is 7.11 Å². The Balaban J connectivity index is 1.34. The van der Waals surface area contributed by atoms with E-state index in [4.69, 9.17) is 49.3 Å². The van der Waals surface area contributed by atoms with Gasteiger partial charge < -0.3 is 37.7 Å². The van der Waals surface area contributed by atoms with Crippen molar-refractivity contribution >= 4 is 19.9 Å². The third-order valence-electron chi connectivity index (χ3n) is 11.1. The summed E-state index contributed by atoms with van der Waals surface area (Å²) < 4.78 is 46.1. The molecule has 0 saturated heterocycles. The minimum atomic E-state index is -2.27. The fourth-order valence-electron chi connectivity index (χ4n) is 6.59. The van der Waals surface area contributed by atoms with Crippen LogP contribution in [-0.2, 0) is 61.1 Å². The van der Waals surface area contributed by atoms with Gasteiger partial charge in [-0.2, -0.15) is 5.48 Å². The molecule has 4 atom stereocenters. The van der Waals surface area contributed by atoms with E-state index in [1.807, 2.05) is 115 Å². The van der Waals surface area contributed by atoms with Gasteiger partial charge in [0.2, 0.25) is 0 Å². The van der Waals surface area contributed by atoms with E-state index in [-0.39, 0.29) is 18.3 Å². The molecular weight excluding hydrogens is 794 g/mol. The Labute approximate surface area is 362 Å². The van der Waals surface area contributed by atoms with Crippen LogP contribution in [0.25, 0.3) is 0 Å². The number of nitrogens with one attached hydrogen (secondary N) is 1. The van der Waals surface area contributed by atoms with Gasteiger partial charge in [-0.1, -0.05) is 142 Å². The molecule has 0 aliphatic carbocycles. The summed E-state index contributed by atoms with van der Waals surface area (Å²) in [5, 5.41) is 0.632. The van der Waals surface area contributed by atoms with Crippen LogP contribution in [0.5, 0.6) is 11.5 Å². The quantitative estimate of drug-likeness (QED) is 0.0416. The third-order valence-corrected chi connectivity index (χ3v) is 15.9. The van der Waals surface area contributed by atoms with E-state index in [0.717, 1.165) is 44.9 Å². The Morgan fingerprint density at radius 3 is 1.73 bits per heavy atom. The van der Waals surface area contributed by atoms with Crippen molar-refractivity contribution in [3.8, 4) is 11.5 Å². The Kier molecular flexibility index (Phi) is 16.8. The number of ether oxygens (including phenoxy) is 6. The zero-order valence-corrected chi connectivity index (χ0v) is 37.5. The van der Waals surface area contributed by atoms with E-state index in [0.29, 0.717) is 44.5 Å². The van der Waals surface area contributed by atoms with Gasteiger partial charge in [-0.05, 0) is 76.1 Å². The van der Waals surface area contributed by atoms with Crippen molar-refractivity contribution in [1.82, 2.24) is 5.48 Å². The molecular formula is C49H60ClNO8Si. The SMILES string of the molecule is CON[C@H](OCc1ccccc1)[C@@H](OCc1ccccc1)[C@H](OCc1ccccc1)[C@@H](CO[Si](C)(C)C(C)(C)C)OCc1ccc(Cl)c(Cc2ccc3c(c2)OCCO3)c1. The molecule has 60 heavy (non-hydrogen) atoms. The van der Waals surface area contributed by atoms with Crippen molar-refractivity contribution in [2.24, 2.45) is 0 Å². The molecule has 5 aromatic carbocycles. The fraction of sp³-hybridized carbons (Fsp3) is 0.388. The van der Waals surface area contributed by atoms with Gasteiger partial charge in [-0.3, -0.25) is 0 Å². The lowest BCUT2D eigenvalue weighted by atomic mass is 10.0. The van der Waals surface area contributed by atoms with E-state index < -0.39 is 32.9 Å². The second-order valence-electron chi connectivity index (χ2n) is 16.6. The van der Waals surface area contributed by atoms with E-state index >= 15 is 0 Å². The topological polar surface area (TPSA) is 85.9 Å². The maximum atomic E-state index is 7.02. The lowest BCUT2D eigenvalue weighted by molar-refractivity contribution is -0.220. The molecule has 0 aromatic heterocycles. The van der Waals surface area contributed by atoms with Crippen LogP contribution < -0.4 is 15.0 Å². The summed E-state index contributed by atoms with van der Waals surface area (Å²) in [6.45, 7) is 13.7. The normalized spacial score (nSPS) is 15.0. The van der Waals surface area contributed by atoms with Crippen molar-refractivity contribution in [3.05, 3.63) is 166 Å². The monoisotopic (exact) mass is 853 g/mol. The van der Waals surface area contributed by atoms with Gasteiger partial charge in [-0.25, -0.2) is 0 Å². The van der Waals surface area contributed by atoms with Crippen molar-refractivity contribution < 1.29 is 37.7 Å². The van der Waals surface area contributed by atoms with Gasteiger partial charge in [-0.15, -0.1) is 0 Å². The summed E-state index contributed by atoms with van der Waals surface area (Å²) in [5.74, 6) is 1.51. The number of fused-ring (bicyclic) bond motifs is 1. The fourth-order valence-corrected chi connectivity index (χ4v) is 7.79. The molecule has 0 unspecified atom stereocenters. The first-order chi connectivity index (χ1) is 29.0. The van der Waals surface area contributed by atoms with Crippen LogP contribution in [0.3, 0.4) is 0 Å². The highest BCUT2D eigenvalue weighted by atomic mass is 35.5. The van der Waals surface area contributed by atoms with Gasteiger partial charge in [0, 0.05) is 5.02 Å². The summed E-state index contributed by atoms with van der Waals surface area (Å²) in [6, 6.07) is 42.3. The lowest BCUT2D eigenvalue weighted by Gasteiger charge is -2.41. The number of hydroxylamine groups is 1. The number of benzene rings is 5. The van der Waals surface area contributed by atoms with Crippen molar-refractivity contribution in [2.75, 3.05) is 26.9 Å². The second kappa shape index (κ2) is 22.1. The summed E-state index contributed by atoms with van der Waals surface area (Å²) >= 11 is 6.83. The van der Waals surface area contributed by atoms with E-state index in [2.05, 4.69) is 51.5 Å². The molecule has 9 nitrogen and oxygen atoms in total. The standard InChI is InChI=1S/C49H60ClNO8Si/c1-49(2,3)60(5,6)59-35-45(55-34-40-22-24-42(50)41(29-40)28-39-23-25-43-44(30-39)54-27-26-53-43)46(56-31-36-16-10-7-11-17-36)47(57-32-37-18-12-8-13-19-37)48(51-52-4)58-33-38-20-14-9-15-21-38/h7-25,29-30,45-48,51H,26-28,31-35H2,1-6H3/t45-,46-,47+,48-/m1/s1. The summed E-state index contributed by atoms with van der Waals surface area (Å²) in [7, 11) is -0.697. The predicted molar refractivity (Wildman–Crippen MR) is 239 cm³/mol. The molecule has 0 bridgehead atoms. The van der Waals surface area contributed by atoms with Crippen molar-refractivity contribution in [2.45, 2.75) is 96.3 Å². The Morgan fingerprint density at radius 1 is 0.617 bits per heavy atom. The van der Waals surface area contributed by atoms with Crippen LogP contribution in [0.4, 0.5) is 0 Å². The average molecular weight is 855 g/mol. The first-order valence-electron chi connectivity index (χ1n) is 20.7. The van der Waals surface area contributed by atoms with Crippen LogP contribution in [-0.4, -0.2) is 59.8 Å². The van der Waals surface area contributed by atoms with Gasteiger partial charge in [0.05, 0.1) is 40.1 Å². The van der Waals surface area contributed by atoms with E-state index in [1.165, 1.54) is 0 Å². The smallest absolute Gasteiger partial charge is 0.192 e. The Morgan fingerprint density at radius 2 is 1.15 bits per heavy atom. The highest BCUT2D eigenvalue weighted by Crippen LogP contribution is 2.37. The molecule has 0 amide bonds. The van der Waals surface area contributed by atoms with Crippen LogP contribution in [0.2, 0.25) is 23.2 Å². The Bertz CT molecular complexity index is 2030. The minimum absolute atomic E-state index is 0.0426. The largest absolute Gasteiger partial charge is 0.486 e. The first kappa shape index (κ1) is 45.5. The van der Waals surface area contributed by atoms with Crippen LogP contribution in [0.15, 0.2) is 127 Å². The number of halogens is 1. The van der Waals surface area contributed by atoms with Gasteiger partial charge in [0.25, 0.3) is 0 Å². The van der Waals surface area contributed by atoms with Crippen LogP contribution >= 0.6 is 11.6 Å². The summed E-state index contributed by atoms with van der Waals surface area (Å²) in [6.07, 6.45) is -2.20. The molecule has 5 aromatic rings. The summed E-state index contributed by atoms with van der Waals surface area (Å²) in [5.41, 5.74) is 9.13. The molecule has 1 heterocycles. The molecule has 6 rings (SSSR count). The van der Waals surface area contributed by atoms with Crippen LogP contribution in [0.1, 0.15) is 54.2 Å². The zero-order chi connectivity index (χ0) is 42.4. The third kappa shape index (κ3) is 13.2. The van der Waals surface area contributed by atoms with Crippen molar-refractivity contribution in [3.63, 3.8) is 0 Å². The minimum Gasteiger partial charge on any atom is -0.486 e.